The predicted octanol–water partition coefficient (Wildman–Crippen LogP) is 2.27. The normalized spacial score (nSPS) is 22.9. The highest BCUT2D eigenvalue weighted by Crippen LogP contribution is 2.23. The zero-order valence-electron chi connectivity index (χ0n) is 12.4. The fourth-order valence-electron chi connectivity index (χ4n) is 2.74. The zero-order chi connectivity index (χ0) is 15.4. The van der Waals surface area contributed by atoms with Gasteiger partial charge in [0.05, 0.1) is 0 Å². The van der Waals surface area contributed by atoms with Crippen LogP contribution in [0.15, 0.2) is 24.3 Å². The lowest BCUT2D eigenvalue weighted by Crippen LogP contribution is -2.42. The molecule has 0 spiro atoms. The van der Waals surface area contributed by atoms with E-state index in [4.69, 9.17) is 0 Å². The molecular formula is C15H21N3O3. The highest BCUT2D eigenvalue weighted by Gasteiger charge is 2.39. The maximum absolute atomic E-state index is 12.2. The summed E-state index contributed by atoms with van der Waals surface area (Å²) >= 11 is 0. The van der Waals surface area contributed by atoms with E-state index >= 15 is 0 Å². The number of rotatable bonds is 4. The molecule has 0 N–H and O–H groups in total. The molecule has 114 valence electrons. The Bertz CT molecular complexity index is 525. The van der Waals surface area contributed by atoms with Crippen LogP contribution in [-0.4, -0.2) is 42.1 Å². The van der Waals surface area contributed by atoms with Gasteiger partial charge in [0.2, 0.25) is 6.04 Å². The van der Waals surface area contributed by atoms with Crippen LogP contribution in [0.2, 0.25) is 0 Å². The maximum Gasteiger partial charge on any atom is 0.274 e. The quantitative estimate of drug-likeness (QED) is 0.280. The Morgan fingerprint density at radius 1 is 1.10 bits per heavy atom. The van der Waals surface area contributed by atoms with Crippen LogP contribution < -0.4 is 4.90 Å². The highest BCUT2D eigenvalue weighted by molar-refractivity contribution is 5.76. The second-order valence-corrected chi connectivity index (χ2v) is 5.68. The van der Waals surface area contributed by atoms with Crippen molar-refractivity contribution in [3.63, 3.8) is 0 Å². The van der Waals surface area contributed by atoms with Gasteiger partial charge in [0.15, 0.2) is 6.21 Å². The summed E-state index contributed by atoms with van der Waals surface area (Å²) < 4.78 is 0.775. The number of hydroxylamine groups is 1. The largest absolute Gasteiger partial charge is 0.623 e. The van der Waals surface area contributed by atoms with Crippen LogP contribution in [0.5, 0.6) is 0 Å². The summed E-state index contributed by atoms with van der Waals surface area (Å²) in [4.78, 5) is 12.7. The minimum Gasteiger partial charge on any atom is -0.623 e. The van der Waals surface area contributed by atoms with Crippen LogP contribution >= 0.6 is 0 Å². The fraction of sp³-hybridized carbons (Fsp3) is 0.533. The van der Waals surface area contributed by atoms with E-state index in [0.717, 1.165) is 28.8 Å². The Kier molecular flexibility index (Phi) is 4.77. The molecule has 6 heteroatoms. The van der Waals surface area contributed by atoms with Crippen molar-refractivity contribution in [3.8, 4) is 0 Å². The van der Waals surface area contributed by atoms with Gasteiger partial charge in [-0.1, -0.05) is 0 Å². The molecule has 1 saturated carbocycles. The minimum atomic E-state index is -0.756. The van der Waals surface area contributed by atoms with Gasteiger partial charge in [-0.2, -0.15) is 0 Å². The molecule has 0 heterocycles. The van der Waals surface area contributed by atoms with Crippen LogP contribution in [0.3, 0.4) is 0 Å². The third kappa shape index (κ3) is 3.71. The van der Waals surface area contributed by atoms with Crippen LogP contribution in [0.25, 0.3) is 0 Å². The van der Waals surface area contributed by atoms with Crippen molar-refractivity contribution in [1.82, 2.24) is 0 Å². The predicted molar refractivity (Wildman–Crippen MR) is 82.6 cm³/mol. The van der Waals surface area contributed by atoms with Crippen LogP contribution in [0, 0.1) is 15.3 Å². The molecule has 6 nitrogen and oxygen atoms in total. The molecule has 2 rings (SSSR count). The van der Waals surface area contributed by atoms with Gasteiger partial charge >= 0.3 is 0 Å². The SMILES string of the molecule is CN(C)c1ccc(/C=[N+](\[O-])C2CCCCC2[N+](=O)[O-])cc1. The molecular weight excluding hydrogens is 270 g/mol. The van der Waals surface area contributed by atoms with Gasteiger partial charge in [0.1, 0.15) is 0 Å². The number of hydrogen-bond acceptors (Lipinski definition) is 4. The molecule has 0 radical (unpaired) electrons. The minimum absolute atomic E-state index is 0.308. The first-order valence-corrected chi connectivity index (χ1v) is 7.20. The van der Waals surface area contributed by atoms with Gasteiger partial charge in [-0.3, -0.25) is 10.1 Å². The van der Waals surface area contributed by atoms with Gasteiger partial charge in [-0.05, 0) is 37.1 Å². The van der Waals surface area contributed by atoms with Gasteiger partial charge in [0, 0.05) is 43.1 Å². The Hall–Kier alpha value is -2.11. The average molecular weight is 291 g/mol. The van der Waals surface area contributed by atoms with Gasteiger partial charge < -0.3 is 10.1 Å². The van der Waals surface area contributed by atoms with E-state index in [1.807, 2.05) is 43.3 Å². The number of benzene rings is 1. The molecule has 1 aromatic rings. The molecule has 21 heavy (non-hydrogen) atoms. The first-order valence-electron chi connectivity index (χ1n) is 7.20. The van der Waals surface area contributed by atoms with Crippen molar-refractivity contribution in [1.29, 1.82) is 0 Å². The third-order valence-corrected chi connectivity index (χ3v) is 3.98. The number of hydrogen-bond donors (Lipinski definition) is 0. The topological polar surface area (TPSA) is 72.5 Å². The summed E-state index contributed by atoms with van der Waals surface area (Å²) in [5.41, 5.74) is 1.81. The lowest BCUT2D eigenvalue weighted by Gasteiger charge is -2.24. The number of nitrogens with zero attached hydrogens (tertiary/aromatic N) is 3. The van der Waals surface area contributed by atoms with Crippen molar-refractivity contribution in [2.24, 2.45) is 0 Å². The van der Waals surface area contributed by atoms with Gasteiger partial charge in [0.25, 0.3) is 6.04 Å². The zero-order valence-corrected chi connectivity index (χ0v) is 12.4. The summed E-state index contributed by atoms with van der Waals surface area (Å²) in [6.45, 7) is 0. The third-order valence-electron chi connectivity index (χ3n) is 3.98. The van der Waals surface area contributed by atoms with E-state index in [0.29, 0.717) is 12.8 Å². The molecule has 0 aliphatic heterocycles. The van der Waals surface area contributed by atoms with E-state index in [1.165, 1.54) is 6.21 Å². The number of nitro groups is 1. The summed E-state index contributed by atoms with van der Waals surface area (Å²) in [6.07, 6.45) is 4.24. The summed E-state index contributed by atoms with van der Waals surface area (Å²) in [7, 11) is 3.89. The molecule has 0 saturated heterocycles. The molecule has 0 bridgehead atoms. The van der Waals surface area contributed by atoms with Crippen LogP contribution in [0.1, 0.15) is 31.2 Å². The Morgan fingerprint density at radius 2 is 1.67 bits per heavy atom. The molecule has 0 amide bonds. The Morgan fingerprint density at radius 3 is 2.19 bits per heavy atom. The second kappa shape index (κ2) is 6.56. The van der Waals surface area contributed by atoms with Crippen molar-refractivity contribution in [3.05, 3.63) is 45.2 Å². The molecule has 1 aliphatic rings. The maximum atomic E-state index is 12.2. The summed E-state index contributed by atoms with van der Waals surface area (Å²) in [6, 6.07) is 6.24. The van der Waals surface area contributed by atoms with Crippen LogP contribution in [0.4, 0.5) is 5.69 Å². The van der Waals surface area contributed by atoms with E-state index < -0.39 is 12.1 Å². The smallest absolute Gasteiger partial charge is 0.274 e. The van der Waals surface area contributed by atoms with Crippen molar-refractivity contribution in [2.75, 3.05) is 19.0 Å². The molecule has 2 unspecified atom stereocenters. The van der Waals surface area contributed by atoms with Crippen molar-refractivity contribution in [2.45, 2.75) is 37.8 Å². The molecule has 1 aliphatic carbocycles. The Labute approximate surface area is 124 Å². The standard InChI is InChI=1S/C15H21N3O3/c1-16(2)13-9-7-12(8-10-13)11-17(19)14-5-3-4-6-15(14)18(20)21/h7-11,14-15H,3-6H2,1-2H3/b17-11-. The summed E-state index contributed by atoms with van der Waals surface area (Å²) in [5, 5.41) is 23.3. The van der Waals surface area contributed by atoms with E-state index in [9.17, 15) is 15.3 Å². The van der Waals surface area contributed by atoms with E-state index in [1.54, 1.807) is 0 Å². The molecule has 2 atom stereocenters. The summed E-state index contributed by atoms with van der Waals surface area (Å²) in [5.74, 6) is 0. The monoisotopic (exact) mass is 291 g/mol. The lowest BCUT2D eigenvalue weighted by molar-refractivity contribution is -0.610. The average Bonchev–Trinajstić information content (AvgIpc) is 2.47. The first kappa shape index (κ1) is 15.3. The molecule has 0 aromatic heterocycles. The van der Waals surface area contributed by atoms with Crippen molar-refractivity contribution >= 4 is 11.9 Å². The van der Waals surface area contributed by atoms with Crippen molar-refractivity contribution < 1.29 is 9.66 Å². The van der Waals surface area contributed by atoms with E-state index in [2.05, 4.69) is 0 Å². The first-order chi connectivity index (χ1) is 9.99. The molecule has 1 aromatic carbocycles. The lowest BCUT2D eigenvalue weighted by atomic mass is 9.91. The Balaban J connectivity index is 2.16. The molecule has 1 fully saturated rings. The highest BCUT2D eigenvalue weighted by atomic mass is 16.6. The second-order valence-electron chi connectivity index (χ2n) is 5.68. The van der Waals surface area contributed by atoms with Crippen LogP contribution in [-0.2, 0) is 0 Å². The van der Waals surface area contributed by atoms with Gasteiger partial charge in [-0.25, -0.2) is 4.74 Å². The number of anilines is 1. The van der Waals surface area contributed by atoms with Gasteiger partial charge in [-0.15, -0.1) is 0 Å². The fourth-order valence-corrected chi connectivity index (χ4v) is 2.74. The van der Waals surface area contributed by atoms with E-state index in [-0.39, 0.29) is 4.92 Å².